The predicted molar refractivity (Wildman–Crippen MR) is 86.6 cm³/mol. The highest BCUT2D eigenvalue weighted by Crippen LogP contribution is 2.34. The lowest BCUT2D eigenvalue weighted by Crippen LogP contribution is -2.38. The second-order valence-corrected chi connectivity index (χ2v) is 8.68. The minimum Gasteiger partial charge on any atom is -0.392 e. The summed E-state index contributed by atoms with van der Waals surface area (Å²) < 4.78 is 28.3. The van der Waals surface area contributed by atoms with Gasteiger partial charge < -0.3 is 5.11 Å². The van der Waals surface area contributed by atoms with Gasteiger partial charge in [0.2, 0.25) is 10.0 Å². The van der Waals surface area contributed by atoms with Gasteiger partial charge in [0, 0.05) is 17.1 Å². The number of aliphatic hydroxyl groups is 1. The van der Waals surface area contributed by atoms with Crippen LogP contribution in [0.1, 0.15) is 37.8 Å². The lowest BCUT2D eigenvalue weighted by atomic mass is 10.2. The van der Waals surface area contributed by atoms with Crippen molar-refractivity contribution in [2.24, 2.45) is 5.92 Å². The number of hydrogen-bond donors (Lipinski definition) is 1. The van der Waals surface area contributed by atoms with Crippen LogP contribution >= 0.6 is 15.9 Å². The lowest BCUT2D eigenvalue weighted by molar-refractivity contribution is 0.281. The van der Waals surface area contributed by atoms with Crippen molar-refractivity contribution < 1.29 is 13.5 Å². The van der Waals surface area contributed by atoms with Gasteiger partial charge in [-0.3, -0.25) is 0 Å². The van der Waals surface area contributed by atoms with Gasteiger partial charge in [-0.1, -0.05) is 15.9 Å². The molecule has 1 fully saturated rings. The first kappa shape index (κ1) is 16.9. The first-order chi connectivity index (χ1) is 9.77. The van der Waals surface area contributed by atoms with E-state index < -0.39 is 10.0 Å². The van der Waals surface area contributed by atoms with E-state index in [1.165, 1.54) is 0 Å². The van der Waals surface area contributed by atoms with Crippen molar-refractivity contribution in [1.82, 2.24) is 4.31 Å². The minimum absolute atomic E-state index is 0.0773. The van der Waals surface area contributed by atoms with E-state index in [9.17, 15) is 13.5 Å². The van der Waals surface area contributed by atoms with Gasteiger partial charge in [0.25, 0.3) is 0 Å². The molecule has 4 nitrogen and oxygen atoms in total. The zero-order valence-electron chi connectivity index (χ0n) is 12.6. The molecule has 0 bridgehead atoms. The number of hydrogen-bond acceptors (Lipinski definition) is 3. The normalized spacial score (nSPS) is 16.0. The van der Waals surface area contributed by atoms with Gasteiger partial charge in [-0.15, -0.1) is 0 Å². The molecule has 0 unspecified atom stereocenters. The van der Waals surface area contributed by atoms with Crippen LogP contribution < -0.4 is 0 Å². The Hall–Kier alpha value is -0.430. The molecule has 0 radical (unpaired) electrons. The summed E-state index contributed by atoms with van der Waals surface area (Å²) in [6, 6.07) is 3.26. The fourth-order valence-corrected chi connectivity index (χ4v) is 4.98. The molecule has 0 amide bonds. The molecule has 0 spiro atoms. The van der Waals surface area contributed by atoms with E-state index in [2.05, 4.69) is 15.9 Å². The van der Waals surface area contributed by atoms with Crippen molar-refractivity contribution in [3.63, 3.8) is 0 Å². The molecule has 0 heterocycles. The Morgan fingerprint density at radius 2 is 2.00 bits per heavy atom. The quantitative estimate of drug-likeness (QED) is 0.830. The number of aliphatic hydroxyl groups excluding tert-OH is 1. The Morgan fingerprint density at radius 1 is 1.38 bits per heavy atom. The highest BCUT2D eigenvalue weighted by Gasteiger charge is 2.34. The SMILES string of the molecule is Cc1c(Br)cc(CO)cc1S(=O)(=O)N(CC1CC1)C(C)C. The summed E-state index contributed by atoms with van der Waals surface area (Å²) in [7, 11) is -3.55. The van der Waals surface area contributed by atoms with Crippen molar-refractivity contribution >= 4 is 26.0 Å². The van der Waals surface area contributed by atoms with Crippen molar-refractivity contribution in [3.05, 3.63) is 27.7 Å². The van der Waals surface area contributed by atoms with E-state index in [1.54, 1.807) is 23.4 Å². The van der Waals surface area contributed by atoms with Crippen LogP contribution in [-0.2, 0) is 16.6 Å². The molecule has 21 heavy (non-hydrogen) atoms. The average Bonchev–Trinajstić information content (AvgIpc) is 3.22. The van der Waals surface area contributed by atoms with Crippen LogP contribution in [0.3, 0.4) is 0 Å². The maximum atomic E-state index is 13.0. The summed E-state index contributed by atoms with van der Waals surface area (Å²) >= 11 is 3.39. The van der Waals surface area contributed by atoms with E-state index in [4.69, 9.17) is 0 Å². The second-order valence-electron chi connectivity index (χ2n) is 5.97. The average molecular weight is 376 g/mol. The third-order valence-corrected chi connectivity index (χ3v) is 6.83. The van der Waals surface area contributed by atoms with Gasteiger partial charge in [-0.25, -0.2) is 8.42 Å². The van der Waals surface area contributed by atoms with Crippen molar-refractivity contribution in [2.45, 2.75) is 51.2 Å². The number of nitrogens with zero attached hydrogens (tertiary/aromatic N) is 1. The maximum Gasteiger partial charge on any atom is 0.243 e. The lowest BCUT2D eigenvalue weighted by Gasteiger charge is -2.27. The highest BCUT2D eigenvalue weighted by molar-refractivity contribution is 9.10. The smallest absolute Gasteiger partial charge is 0.243 e. The van der Waals surface area contributed by atoms with E-state index in [1.807, 2.05) is 13.8 Å². The van der Waals surface area contributed by atoms with Crippen molar-refractivity contribution in [1.29, 1.82) is 0 Å². The number of benzene rings is 1. The Labute approximate surface area is 135 Å². The molecule has 0 aromatic heterocycles. The first-order valence-electron chi connectivity index (χ1n) is 7.19. The summed E-state index contributed by atoms with van der Waals surface area (Å²) in [6.07, 6.45) is 2.22. The van der Waals surface area contributed by atoms with Crippen LogP contribution in [0.4, 0.5) is 0 Å². The molecule has 1 aromatic rings. The van der Waals surface area contributed by atoms with Gasteiger partial charge in [-0.2, -0.15) is 4.31 Å². The van der Waals surface area contributed by atoms with Gasteiger partial charge in [0.15, 0.2) is 0 Å². The number of halogens is 1. The summed E-state index contributed by atoms with van der Waals surface area (Å²) in [6.45, 7) is 6.00. The van der Waals surface area contributed by atoms with Crippen LogP contribution in [0.2, 0.25) is 0 Å². The molecular formula is C15H22BrNO3S. The monoisotopic (exact) mass is 375 g/mol. The molecule has 1 aliphatic carbocycles. The Bertz CT molecular complexity index is 624. The Kier molecular flexibility index (Phi) is 5.13. The first-order valence-corrected chi connectivity index (χ1v) is 9.42. The summed E-state index contributed by atoms with van der Waals surface area (Å²) in [5.74, 6) is 0.493. The third-order valence-electron chi connectivity index (χ3n) is 3.84. The molecule has 1 aliphatic rings. The Morgan fingerprint density at radius 3 is 2.48 bits per heavy atom. The second kappa shape index (κ2) is 6.36. The summed E-state index contributed by atoms with van der Waals surface area (Å²) in [5.41, 5.74) is 1.29. The fraction of sp³-hybridized carbons (Fsp3) is 0.600. The standard InChI is InChI=1S/C15H22BrNO3S/c1-10(2)17(8-12-4-5-12)21(19,20)15-7-13(9-18)6-14(16)11(15)3/h6-7,10,12,18H,4-5,8-9H2,1-3H3. The van der Waals surface area contributed by atoms with Crippen LogP contribution in [0.15, 0.2) is 21.5 Å². The molecule has 1 saturated carbocycles. The molecule has 2 rings (SSSR count). The van der Waals surface area contributed by atoms with Gasteiger partial charge >= 0.3 is 0 Å². The van der Waals surface area contributed by atoms with Crippen LogP contribution in [0.25, 0.3) is 0 Å². The van der Waals surface area contributed by atoms with Gasteiger partial charge in [0.1, 0.15) is 0 Å². The van der Waals surface area contributed by atoms with Crippen LogP contribution in [-0.4, -0.2) is 30.4 Å². The zero-order valence-corrected chi connectivity index (χ0v) is 15.0. The molecule has 0 atom stereocenters. The van der Waals surface area contributed by atoms with E-state index in [-0.39, 0.29) is 17.5 Å². The van der Waals surface area contributed by atoms with Crippen molar-refractivity contribution in [3.8, 4) is 0 Å². The molecule has 0 aliphatic heterocycles. The summed E-state index contributed by atoms with van der Waals surface area (Å²) in [5, 5.41) is 9.32. The largest absolute Gasteiger partial charge is 0.392 e. The molecule has 1 N–H and O–H groups in total. The molecule has 6 heteroatoms. The van der Waals surface area contributed by atoms with Gasteiger partial charge in [0.05, 0.1) is 11.5 Å². The number of rotatable bonds is 6. The van der Waals surface area contributed by atoms with Crippen LogP contribution in [0.5, 0.6) is 0 Å². The third kappa shape index (κ3) is 3.67. The maximum absolute atomic E-state index is 13.0. The Balaban J connectivity index is 2.48. The zero-order chi connectivity index (χ0) is 15.8. The molecular weight excluding hydrogens is 354 g/mol. The minimum atomic E-state index is -3.55. The topological polar surface area (TPSA) is 57.6 Å². The van der Waals surface area contributed by atoms with Crippen molar-refractivity contribution in [2.75, 3.05) is 6.54 Å². The molecule has 118 valence electrons. The fourth-order valence-electron chi connectivity index (χ4n) is 2.33. The van der Waals surface area contributed by atoms with Crippen LogP contribution in [0, 0.1) is 12.8 Å². The highest BCUT2D eigenvalue weighted by atomic mass is 79.9. The number of sulfonamides is 1. The predicted octanol–water partition coefficient (Wildman–Crippen LogP) is 3.06. The van der Waals surface area contributed by atoms with E-state index in [0.29, 0.717) is 28.1 Å². The summed E-state index contributed by atoms with van der Waals surface area (Å²) in [4.78, 5) is 0.287. The van der Waals surface area contributed by atoms with E-state index >= 15 is 0 Å². The molecule has 0 saturated heterocycles. The van der Waals surface area contributed by atoms with E-state index in [0.717, 1.165) is 12.8 Å². The molecule has 1 aromatic carbocycles. The van der Waals surface area contributed by atoms with Gasteiger partial charge in [-0.05, 0) is 62.8 Å².